The maximum absolute atomic E-state index is 15.3. The van der Waals surface area contributed by atoms with Crippen LogP contribution < -0.4 is 4.74 Å². The highest BCUT2D eigenvalue weighted by Crippen LogP contribution is 2.41. The lowest BCUT2D eigenvalue weighted by atomic mass is 9.77. The van der Waals surface area contributed by atoms with Crippen LogP contribution in [0.4, 0.5) is 35.1 Å². The summed E-state index contributed by atoms with van der Waals surface area (Å²) in [6.45, 7) is 3.95. The molecule has 0 spiro atoms. The quantitative estimate of drug-likeness (QED) is 0.106. The molecule has 0 amide bonds. The minimum Gasteiger partial charge on any atom is -0.429 e. The number of alkyl halides is 2. The van der Waals surface area contributed by atoms with Gasteiger partial charge in [-0.2, -0.15) is 8.78 Å². The Morgan fingerprint density at radius 1 is 0.673 bits per heavy atom. The second-order valence-corrected chi connectivity index (χ2v) is 12.7. The molecule has 260 valence electrons. The van der Waals surface area contributed by atoms with Gasteiger partial charge in [0.2, 0.25) is 0 Å². The molecule has 0 saturated heterocycles. The zero-order valence-corrected chi connectivity index (χ0v) is 27.4. The molecule has 0 unspecified atom stereocenters. The molecule has 4 aromatic rings. The normalized spacial score (nSPS) is 16.8. The van der Waals surface area contributed by atoms with Gasteiger partial charge in [0, 0.05) is 22.8 Å². The first kappa shape index (κ1) is 36.1. The van der Waals surface area contributed by atoms with E-state index >= 15 is 22.0 Å². The first-order valence-corrected chi connectivity index (χ1v) is 16.7. The van der Waals surface area contributed by atoms with E-state index in [1.807, 2.05) is 0 Å². The monoisotopic (exact) mass is 686 g/mol. The van der Waals surface area contributed by atoms with Gasteiger partial charge in [0.1, 0.15) is 46.2 Å². The van der Waals surface area contributed by atoms with E-state index in [1.54, 1.807) is 19.1 Å². The van der Waals surface area contributed by atoms with Gasteiger partial charge in [-0.05, 0) is 103 Å². The molecule has 1 nitrogen and oxygen atoms in total. The van der Waals surface area contributed by atoms with Crippen molar-refractivity contribution in [3.05, 3.63) is 118 Å². The minimum atomic E-state index is -4.61. The van der Waals surface area contributed by atoms with Crippen molar-refractivity contribution < 1.29 is 39.9 Å². The standard InChI is InChI=1S/C40H38F8O/c1-3-5-7-8-24-10-12-25(13-11-24)26-14-16-30(33(41)18-26)28-21-37(45)39(38(46)22-28)40(47,48)49-29-15-17-31(36(44)23-29)27-19-34(42)32(9-6-4-2)35(43)20-27/h6,9,14-25H,3-5,7-8,10-13H2,1-2H3. The summed E-state index contributed by atoms with van der Waals surface area (Å²) >= 11 is 0. The van der Waals surface area contributed by atoms with E-state index < -0.39 is 52.3 Å². The van der Waals surface area contributed by atoms with Crippen molar-refractivity contribution in [3.8, 4) is 28.0 Å². The van der Waals surface area contributed by atoms with Gasteiger partial charge in [-0.1, -0.05) is 63.8 Å². The highest BCUT2D eigenvalue weighted by atomic mass is 19.3. The van der Waals surface area contributed by atoms with Gasteiger partial charge >= 0.3 is 6.11 Å². The summed E-state index contributed by atoms with van der Waals surface area (Å²) in [5, 5.41) is 0. The van der Waals surface area contributed by atoms with Crippen LogP contribution in [-0.4, -0.2) is 0 Å². The van der Waals surface area contributed by atoms with Crippen molar-refractivity contribution in [1.29, 1.82) is 0 Å². The molecule has 5 rings (SSSR count). The van der Waals surface area contributed by atoms with E-state index in [0.717, 1.165) is 55.5 Å². The Hall–Kier alpha value is -4.14. The molecule has 0 N–H and O–H groups in total. The molecular weight excluding hydrogens is 648 g/mol. The van der Waals surface area contributed by atoms with E-state index in [-0.39, 0.29) is 33.7 Å². The maximum atomic E-state index is 15.3. The largest absolute Gasteiger partial charge is 0.432 e. The predicted molar refractivity (Wildman–Crippen MR) is 176 cm³/mol. The molecule has 0 atom stereocenters. The van der Waals surface area contributed by atoms with Crippen LogP contribution in [0.1, 0.15) is 94.2 Å². The summed E-state index contributed by atoms with van der Waals surface area (Å²) in [7, 11) is 0. The van der Waals surface area contributed by atoms with Gasteiger partial charge < -0.3 is 4.74 Å². The fourth-order valence-corrected chi connectivity index (χ4v) is 6.62. The topological polar surface area (TPSA) is 9.23 Å². The van der Waals surface area contributed by atoms with Crippen molar-refractivity contribution in [2.75, 3.05) is 0 Å². The zero-order valence-electron chi connectivity index (χ0n) is 27.4. The van der Waals surface area contributed by atoms with Gasteiger partial charge in [-0.3, -0.25) is 0 Å². The van der Waals surface area contributed by atoms with E-state index in [1.165, 1.54) is 43.9 Å². The van der Waals surface area contributed by atoms with Gasteiger partial charge in [-0.25, -0.2) is 26.3 Å². The molecule has 49 heavy (non-hydrogen) atoms. The first-order chi connectivity index (χ1) is 23.4. The summed E-state index contributed by atoms with van der Waals surface area (Å²) in [6.07, 6.45) is 7.51. The summed E-state index contributed by atoms with van der Waals surface area (Å²) in [6, 6.07) is 9.80. The number of benzene rings is 4. The highest BCUT2D eigenvalue weighted by molar-refractivity contribution is 5.68. The Labute approximate surface area is 281 Å². The average molecular weight is 687 g/mol. The SMILES string of the molecule is CCC=Cc1c(F)cc(-c2ccc(OC(F)(F)c3c(F)cc(-c4ccc(C5CCC(CCCCC)CC5)cc4F)cc3F)cc2F)cc1F. The second kappa shape index (κ2) is 15.6. The fraction of sp³-hybridized carbons (Fsp3) is 0.350. The number of unbranched alkanes of at least 4 members (excludes halogenated alkanes) is 2. The Morgan fingerprint density at radius 2 is 1.24 bits per heavy atom. The third kappa shape index (κ3) is 8.36. The van der Waals surface area contributed by atoms with E-state index in [4.69, 9.17) is 0 Å². The van der Waals surface area contributed by atoms with Crippen LogP contribution in [-0.2, 0) is 6.11 Å². The minimum absolute atomic E-state index is 0.148. The van der Waals surface area contributed by atoms with Crippen molar-refractivity contribution in [1.82, 2.24) is 0 Å². The Bertz CT molecular complexity index is 1760. The second-order valence-electron chi connectivity index (χ2n) is 12.7. The van der Waals surface area contributed by atoms with Crippen LogP contribution in [0.3, 0.4) is 0 Å². The smallest absolute Gasteiger partial charge is 0.429 e. The van der Waals surface area contributed by atoms with Crippen LogP contribution in [0.15, 0.2) is 66.7 Å². The molecule has 1 aliphatic carbocycles. The predicted octanol–water partition coefficient (Wildman–Crippen LogP) is 13.3. The lowest BCUT2D eigenvalue weighted by Gasteiger charge is -2.29. The highest BCUT2D eigenvalue weighted by Gasteiger charge is 2.41. The lowest BCUT2D eigenvalue weighted by Crippen LogP contribution is -2.25. The van der Waals surface area contributed by atoms with Crippen LogP contribution in [0.25, 0.3) is 28.3 Å². The van der Waals surface area contributed by atoms with Crippen molar-refractivity contribution in [2.45, 2.75) is 83.7 Å². The zero-order chi connectivity index (χ0) is 35.3. The van der Waals surface area contributed by atoms with Crippen LogP contribution in [0, 0.1) is 40.8 Å². The Kier molecular flexibility index (Phi) is 11.5. The van der Waals surface area contributed by atoms with E-state index in [2.05, 4.69) is 11.7 Å². The molecule has 0 aromatic heterocycles. The van der Waals surface area contributed by atoms with Crippen molar-refractivity contribution in [2.24, 2.45) is 5.92 Å². The molecule has 0 radical (unpaired) electrons. The Balaban J connectivity index is 1.31. The summed E-state index contributed by atoms with van der Waals surface area (Å²) in [5.41, 5.74) is -2.20. The Morgan fingerprint density at radius 3 is 1.80 bits per heavy atom. The van der Waals surface area contributed by atoms with Crippen LogP contribution >= 0.6 is 0 Å². The number of hydrogen-bond donors (Lipinski definition) is 0. The molecule has 0 heterocycles. The summed E-state index contributed by atoms with van der Waals surface area (Å²) in [5.74, 6) is -7.13. The molecule has 1 fully saturated rings. The van der Waals surface area contributed by atoms with E-state index in [9.17, 15) is 13.2 Å². The average Bonchev–Trinajstić information content (AvgIpc) is 3.04. The molecule has 0 aliphatic heterocycles. The first-order valence-electron chi connectivity index (χ1n) is 16.7. The molecular formula is C40H38F8O. The van der Waals surface area contributed by atoms with E-state index in [0.29, 0.717) is 30.5 Å². The number of hydrogen-bond acceptors (Lipinski definition) is 1. The van der Waals surface area contributed by atoms with Crippen LogP contribution in [0.2, 0.25) is 0 Å². The van der Waals surface area contributed by atoms with Gasteiger partial charge in [0.25, 0.3) is 0 Å². The van der Waals surface area contributed by atoms with Gasteiger partial charge in [-0.15, -0.1) is 0 Å². The number of rotatable bonds is 12. The molecule has 0 bridgehead atoms. The van der Waals surface area contributed by atoms with Crippen molar-refractivity contribution >= 4 is 6.08 Å². The maximum Gasteiger partial charge on any atom is 0.432 e. The van der Waals surface area contributed by atoms with Gasteiger partial charge in [0.05, 0.1) is 0 Å². The van der Waals surface area contributed by atoms with Gasteiger partial charge in [0.15, 0.2) is 0 Å². The third-order valence-corrected chi connectivity index (χ3v) is 9.27. The number of ether oxygens (including phenoxy) is 1. The van der Waals surface area contributed by atoms with Crippen molar-refractivity contribution in [3.63, 3.8) is 0 Å². The molecule has 9 heteroatoms. The molecule has 1 saturated carbocycles. The lowest BCUT2D eigenvalue weighted by molar-refractivity contribution is -0.189. The van der Waals surface area contributed by atoms with Crippen LogP contribution in [0.5, 0.6) is 5.75 Å². The fourth-order valence-electron chi connectivity index (χ4n) is 6.62. The number of halogens is 8. The summed E-state index contributed by atoms with van der Waals surface area (Å²) < 4.78 is 124. The summed E-state index contributed by atoms with van der Waals surface area (Å²) in [4.78, 5) is 0. The number of allylic oxidation sites excluding steroid dienone is 1. The molecule has 4 aromatic carbocycles. The third-order valence-electron chi connectivity index (χ3n) is 9.27. The molecule has 1 aliphatic rings.